The van der Waals surface area contributed by atoms with Gasteiger partial charge in [-0.1, -0.05) is 0 Å². The summed E-state index contributed by atoms with van der Waals surface area (Å²) >= 11 is 0. The van der Waals surface area contributed by atoms with Gasteiger partial charge in [0.1, 0.15) is 5.82 Å². The number of esters is 1. The first kappa shape index (κ1) is 13.9. The van der Waals surface area contributed by atoms with Crippen LogP contribution in [0.1, 0.15) is 53.1 Å². The van der Waals surface area contributed by atoms with E-state index in [1.54, 1.807) is 6.07 Å². The number of ether oxygens (including phenoxy) is 1. The minimum absolute atomic E-state index is 0.0241. The first-order valence-corrected chi connectivity index (χ1v) is 7.12. The Kier molecular flexibility index (Phi) is 3.11. The number of aromatic nitrogens is 1. The fraction of sp³-hybridized carbons (Fsp3) is 0.533. The normalized spacial score (nSPS) is 19.4. The molecule has 2 aliphatic rings. The monoisotopic (exact) mass is 289 g/mol. The molecule has 21 heavy (non-hydrogen) atoms. The highest BCUT2D eigenvalue weighted by Crippen LogP contribution is 2.34. The van der Waals surface area contributed by atoms with Crippen molar-refractivity contribution < 1.29 is 14.3 Å². The van der Waals surface area contributed by atoms with Crippen LogP contribution in [0.5, 0.6) is 0 Å². The zero-order valence-corrected chi connectivity index (χ0v) is 12.5. The Morgan fingerprint density at radius 1 is 1.48 bits per heavy atom. The van der Waals surface area contributed by atoms with E-state index in [1.807, 2.05) is 0 Å². The van der Waals surface area contributed by atoms with Crippen LogP contribution in [0.2, 0.25) is 0 Å². The van der Waals surface area contributed by atoms with Gasteiger partial charge in [-0.3, -0.25) is 4.79 Å². The molecule has 0 aromatic carbocycles. The number of methoxy groups -OCH3 is 1. The van der Waals surface area contributed by atoms with Crippen molar-refractivity contribution in [3.05, 3.63) is 22.9 Å². The van der Waals surface area contributed by atoms with E-state index in [-0.39, 0.29) is 17.1 Å². The maximum absolute atomic E-state index is 12.0. The van der Waals surface area contributed by atoms with Crippen molar-refractivity contribution in [1.29, 1.82) is 0 Å². The SMILES string of the molecule is COC(=O)c1nc(N2CCCC2(C)C)cc2c1CNC2=O. The van der Waals surface area contributed by atoms with Gasteiger partial charge in [-0.15, -0.1) is 0 Å². The molecule has 2 aliphatic heterocycles. The lowest BCUT2D eigenvalue weighted by Gasteiger charge is -2.33. The summed E-state index contributed by atoms with van der Waals surface area (Å²) in [6.07, 6.45) is 2.14. The summed E-state index contributed by atoms with van der Waals surface area (Å²) < 4.78 is 4.81. The second-order valence-corrected chi connectivity index (χ2v) is 6.10. The second-order valence-electron chi connectivity index (χ2n) is 6.10. The minimum atomic E-state index is -0.499. The highest BCUT2D eigenvalue weighted by molar-refractivity contribution is 6.03. The molecule has 0 unspecified atom stereocenters. The summed E-state index contributed by atoms with van der Waals surface area (Å²) in [7, 11) is 1.33. The molecular weight excluding hydrogens is 270 g/mol. The van der Waals surface area contributed by atoms with Crippen molar-refractivity contribution in [1.82, 2.24) is 10.3 Å². The Labute approximate surface area is 123 Å². The molecule has 1 fully saturated rings. The molecule has 1 saturated heterocycles. The van der Waals surface area contributed by atoms with Gasteiger partial charge in [0.15, 0.2) is 5.69 Å². The van der Waals surface area contributed by atoms with Gasteiger partial charge in [-0.2, -0.15) is 0 Å². The van der Waals surface area contributed by atoms with Crippen LogP contribution in [0.25, 0.3) is 0 Å². The van der Waals surface area contributed by atoms with Gasteiger partial charge in [0.05, 0.1) is 12.7 Å². The van der Waals surface area contributed by atoms with Gasteiger partial charge in [0.2, 0.25) is 0 Å². The van der Waals surface area contributed by atoms with Crippen molar-refractivity contribution in [3.8, 4) is 0 Å². The molecule has 1 N–H and O–H groups in total. The van der Waals surface area contributed by atoms with Gasteiger partial charge in [0.25, 0.3) is 5.91 Å². The topological polar surface area (TPSA) is 71.5 Å². The Morgan fingerprint density at radius 3 is 2.86 bits per heavy atom. The molecule has 6 nitrogen and oxygen atoms in total. The number of hydrogen-bond acceptors (Lipinski definition) is 5. The molecular formula is C15H19N3O3. The first-order valence-electron chi connectivity index (χ1n) is 7.12. The third-order valence-corrected chi connectivity index (χ3v) is 4.34. The van der Waals surface area contributed by atoms with E-state index < -0.39 is 5.97 Å². The van der Waals surface area contributed by atoms with Crippen molar-refractivity contribution in [2.45, 2.75) is 38.8 Å². The third-order valence-electron chi connectivity index (χ3n) is 4.34. The first-order chi connectivity index (χ1) is 9.94. The Balaban J connectivity index is 2.13. The lowest BCUT2D eigenvalue weighted by molar-refractivity contribution is 0.0592. The quantitative estimate of drug-likeness (QED) is 0.835. The van der Waals surface area contributed by atoms with Crippen LogP contribution < -0.4 is 10.2 Å². The number of fused-ring (bicyclic) bond motifs is 1. The number of nitrogens with zero attached hydrogens (tertiary/aromatic N) is 2. The number of pyridine rings is 1. The van der Waals surface area contributed by atoms with Crippen molar-refractivity contribution in [3.63, 3.8) is 0 Å². The van der Waals surface area contributed by atoms with Gasteiger partial charge in [-0.25, -0.2) is 9.78 Å². The number of carbonyl (C=O) groups excluding carboxylic acids is 2. The highest BCUT2D eigenvalue weighted by atomic mass is 16.5. The molecule has 6 heteroatoms. The van der Waals surface area contributed by atoms with E-state index in [2.05, 4.69) is 29.0 Å². The average Bonchev–Trinajstić information content (AvgIpc) is 3.00. The number of rotatable bonds is 2. The number of hydrogen-bond donors (Lipinski definition) is 1. The molecule has 1 aromatic rings. The van der Waals surface area contributed by atoms with Crippen LogP contribution in [0.15, 0.2) is 6.07 Å². The summed E-state index contributed by atoms with van der Waals surface area (Å²) in [6.45, 7) is 5.50. The summed E-state index contributed by atoms with van der Waals surface area (Å²) in [5.74, 6) is 0.0195. The van der Waals surface area contributed by atoms with Crippen LogP contribution in [-0.2, 0) is 11.3 Å². The predicted molar refractivity (Wildman–Crippen MR) is 77.4 cm³/mol. The molecule has 3 heterocycles. The Bertz CT molecular complexity index is 625. The summed E-state index contributed by atoms with van der Waals surface area (Å²) in [5.41, 5.74) is 1.38. The maximum atomic E-state index is 12.0. The molecule has 3 rings (SSSR count). The zero-order chi connectivity index (χ0) is 15.2. The van der Waals surface area contributed by atoms with Crippen LogP contribution in [0.4, 0.5) is 5.82 Å². The lowest BCUT2D eigenvalue weighted by atomic mass is 10.0. The standard InChI is InChI=1S/C15H19N3O3/c1-15(2)5-4-6-18(15)11-7-9-10(8-16-13(9)19)12(17-11)14(20)21-3/h7H,4-6,8H2,1-3H3,(H,16,19). The third kappa shape index (κ3) is 2.14. The van der Waals surface area contributed by atoms with E-state index in [0.717, 1.165) is 19.4 Å². The van der Waals surface area contributed by atoms with E-state index in [0.29, 0.717) is 23.5 Å². The summed E-state index contributed by atoms with van der Waals surface area (Å²) in [4.78, 5) is 30.6. The van der Waals surface area contributed by atoms with Crippen molar-refractivity contribution >= 4 is 17.7 Å². The van der Waals surface area contributed by atoms with E-state index >= 15 is 0 Å². The molecule has 112 valence electrons. The maximum Gasteiger partial charge on any atom is 0.357 e. The van der Waals surface area contributed by atoms with Crippen LogP contribution in [0, 0.1) is 0 Å². The highest BCUT2D eigenvalue weighted by Gasteiger charge is 2.35. The van der Waals surface area contributed by atoms with Gasteiger partial charge < -0.3 is 15.0 Å². The number of anilines is 1. The van der Waals surface area contributed by atoms with Crippen molar-refractivity contribution in [2.75, 3.05) is 18.6 Å². The van der Waals surface area contributed by atoms with Crippen LogP contribution >= 0.6 is 0 Å². The zero-order valence-electron chi connectivity index (χ0n) is 12.5. The molecule has 0 aliphatic carbocycles. The summed E-state index contributed by atoms with van der Waals surface area (Å²) in [6, 6.07) is 1.79. The van der Waals surface area contributed by atoms with E-state index in [9.17, 15) is 9.59 Å². The van der Waals surface area contributed by atoms with Gasteiger partial charge in [0, 0.05) is 24.2 Å². The average molecular weight is 289 g/mol. The van der Waals surface area contributed by atoms with Crippen LogP contribution in [-0.4, -0.2) is 36.1 Å². The molecule has 0 bridgehead atoms. The molecule has 0 atom stereocenters. The lowest BCUT2D eigenvalue weighted by Crippen LogP contribution is -2.39. The number of amides is 1. The predicted octanol–water partition coefficient (Wildman–Crippen LogP) is 1.49. The molecule has 1 aromatic heterocycles. The molecule has 0 radical (unpaired) electrons. The van der Waals surface area contributed by atoms with Crippen molar-refractivity contribution in [2.24, 2.45) is 0 Å². The summed E-state index contributed by atoms with van der Waals surface area (Å²) in [5, 5.41) is 2.74. The largest absolute Gasteiger partial charge is 0.464 e. The molecule has 1 amide bonds. The van der Waals surface area contributed by atoms with Gasteiger partial charge in [-0.05, 0) is 32.8 Å². The molecule has 0 saturated carbocycles. The van der Waals surface area contributed by atoms with Crippen LogP contribution in [0.3, 0.4) is 0 Å². The fourth-order valence-electron chi connectivity index (χ4n) is 3.14. The van der Waals surface area contributed by atoms with Gasteiger partial charge >= 0.3 is 5.97 Å². The molecule has 0 spiro atoms. The van der Waals surface area contributed by atoms with E-state index in [4.69, 9.17) is 4.74 Å². The number of carbonyl (C=O) groups is 2. The Hall–Kier alpha value is -2.11. The fourth-order valence-corrected chi connectivity index (χ4v) is 3.14. The smallest absolute Gasteiger partial charge is 0.357 e. The second kappa shape index (κ2) is 4.72. The Morgan fingerprint density at radius 2 is 2.24 bits per heavy atom. The minimum Gasteiger partial charge on any atom is -0.464 e. The number of nitrogens with one attached hydrogen (secondary N) is 1. The van der Waals surface area contributed by atoms with E-state index in [1.165, 1.54) is 7.11 Å².